The lowest BCUT2D eigenvalue weighted by molar-refractivity contribution is -0.115. The Morgan fingerprint density at radius 1 is 1.00 bits per heavy atom. The van der Waals surface area contributed by atoms with Crippen LogP contribution >= 0.6 is 0 Å². The van der Waals surface area contributed by atoms with Crippen molar-refractivity contribution in [2.75, 3.05) is 41.5 Å². The number of para-hydroxylation sites is 3. The number of fused-ring (bicyclic) bond motifs is 1. The number of aliphatic hydroxyl groups excluding tert-OH is 1. The first-order chi connectivity index (χ1) is 10.8. The highest BCUT2D eigenvalue weighted by Crippen LogP contribution is 2.34. The van der Waals surface area contributed by atoms with E-state index < -0.39 is 0 Å². The second kappa shape index (κ2) is 6.49. The lowest BCUT2D eigenvalue weighted by atomic mass is 10.2. The Balaban J connectivity index is 1.69. The van der Waals surface area contributed by atoms with Gasteiger partial charge in [-0.3, -0.25) is 4.79 Å². The highest BCUT2D eigenvalue weighted by molar-refractivity contribution is 5.95. The van der Waals surface area contributed by atoms with Gasteiger partial charge in [-0.25, -0.2) is 0 Å². The monoisotopic (exact) mass is 297 g/mol. The van der Waals surface area contributed by atoms with Gasteiger partial charge in [0.05, 0.1) is 31.2 Å². The van der Waals surface area contributed by atoms with Gasteiger partial charge in [-0.15, -0.1) is 0 Å². The molecule has 0 aliphatic carbocycles. The van der Waals surface area contributed by atoms with E-state index in [0.717, 1.165) is 17.1 Å². The number of carbonyl (C=O) groups excluding carboxylic acids is 1. The van der Waals surface area contributed by atoms with Gasteiger partial charge in [-0.05, 0) is 24.3 Å². The van der Waals surface area contributed by atoms with Crippen LogP contribution in [0.3, 0.4) is 0 Å². The molecule has 0 spiro atoms. The van der Waals surface area contributed by atoms with Crippen LogP contribution in [0.15, 0.2) is 54.6 Å². The summed E-state index contributed by atoms with van der Waals surface area (Å²) in [6.45, 7) is 1.56. The standard InChI is InChI=1S/C17H19N3O2/c21-11-10-19-13-20(16-9-5-4-8-15(16)19)12-17(22)18-14-6-2-1-3-7-14/h1-9,21H,10-13H2,(H,18,22). The molecule has 2 N–H and O–H groups in total. The summed E-state index contributed by atoms with van der Waals surface area (Å²) in [5, 5.41) is 12.1. The molecule has 3 rings (SSSR count). The van der Waals surface area contributed by atoms with Gasteiger partial charge in [0.1, 0.15) is 0 Å². The van der Waals surface area contributed by atoms with Gasteiger partial charge in [-0.1, -0.05) is 30.3 Å². The molecule has 0 atom stereocenters. The number of carbonyl (C=O) groups is 1. The SMILES string of the molecule is O=C(CN1CN(CCO)c2ccccc21)Nc1ccccc1. The molecule has 0 bridgehead atoms. The minimum atomic E-state index is -0.0492. The van der Waals surface area contributed by atoms with Crippen LogP contribution in [0.2, 0.25) is 0 Å². The number of β-amino-alcohol motifs (C(OH)–C–C–N with tert-alkyl or cyclic N) is 1. The first kappa shape index (κ1) is 14.4. The average molecular weight is 297 g/mol. The Bertz CT molecular complexity index is 645. The lowest BCUT2D eigenvalue weighted by Gasteiger charge is -2.20. The van der Waals surface area contributed by atoms with E-state index in [-0.39, 0.29) is 19.1 Å². The fourth-order valence-corrected chi connectivity index (χ4v) is 2.70. The molecule has 0 radical (unpaired) electrons. The van der Waals surface area contributed by atoms with Gasteiger partial charge in [0.2, 0.25) is 5.91 Å². The van der Waals surface area contributed by atoms with Crippen molar-refractivity contribution in [1.29, 1.82) is 0 Å². The Labute approximate surface area is 129 Å². The van der Waals surface area contributed by atoms with E-state index in [1.807, 2.05) is 59.5 Å². The summed E-state index contributed by atoms with van der Waals surface area (Å²) < 4.78 is 0. The first-order valence-corrected chi connectivity index (χ1v) is 7.32. The fraction of sp³-hybridized carbons (Fsp3) is 0.235. The number of anilines is 3. The Morgan fingerprint density at radius 3 is 2.32 bits per heavy atom. The quantitative estimate of drug-likeness (QED) is 0.885. The van der Waals surface area contributed by atoms with Gasteiger partial charge in [0.25, 0.3) is 0 Å². The van der Waals surface area contributed by atoms with Crippen molar-refractivity contribution in [3.8, 4) is 0 Å². The van der Waals surface area contributed by atoms with Gasteiger partial charge >= 0.3 is 0 Å². The van der Waals surface area contributed by atoms with Crippen molar-refractivity contribution in [3.63, 3.8) is 0 Å². The maximum Gasteiger partial charge on any atom is 0.243 e. The average Bonchev–Trinajstić information content (AvgIpc) is 2.87. The molecule has 1 aliphatic heterocycles. The molecule has 2 aromatic carbocycles. The first-order valence-electron chi connectivity index (χ1n) is 7.32. The number of benzene rings is 2. The molecule has 2 aromatic rings. The number of hydrogen-bond acceptors (Lipinski definition) is 4. The number of aliphatic hydroxyl groups is 1. The van der Waals surface area contributed by atoms with Gasteiger partial charge in [0, 0.05) is 12.2 Å². The molecule has 1 heterocycles. The topological polar surface area (TPSA) is 55.8 Å². The van der Waals surface area contributed by atoms with Crippen LogP contribution in [-0.2, 0) is 4.79 Å². The maximum absolute atomic E-state index is 12.2. The van der Waals surface area contributed by atoms with Crippen LogP contribution in [0.5, 0.6) is 0 Å². The zero-order valence-electron chi connectivity index (χ0n) is 12.3. The number of rotatable bonds is 5. The molecule has 1 aliphatic rings. The number of nitrogens with zero attached hydrogens (tertiary/aromatic N) is 2. The predicted octanol–water partition coefficient (Wildman–Crippen LogP) is 1.90. The third kappa shape index (κ3) is 3.04. The third-order valence-electron chi connectivity index (χ3n) is 3.67. The van der Waals surface area contributed by atoms with Gasteiger partial charge in [-0.2, -0.15) is 0 Å². The summed E-state index contributed by atoms with van der Waals surface area (Å²) in [5.41, 5.74) is 2.88. The summed E-state index contributed by atoms with van der Waals surface area (Å²) in [6.07, 6.45) is 0. The molecular formula is C17H19N3O2. The number of amides is 1. The largest absolute Gasteiger partial charge is 0.395 e. The molecule has 114 valence electrons. The van der Waals surface area contributed by atoms with E-state index in [1.165, 1.54) is 0 Å². The minimum absolute atomic E-state index is 0.0492. The Kier molecular flexibility index (Phi) is 4.25. The van der Waals surface area contributed by atoms with Crippen LogP contribution in [0.1, 0.15) is 0 Å². The third-order valence-corrected chi connectivity index (χ3v) is 3.67. The number of nitrogens with one attached hydrogen (secondary N) is 1. The fourth-order valence-electron chi connectivity index (χ4n) is 2.70. The van der Waals surface area contributed by atoms with Crippen LogP contribution < -0.4 is 15.1 Å². The maximum atomic E-state index is 12.2. The van der Waals surface area contributed by atoms with E-state index >= 15 is 0 Å². The molecule has 5 nitrogen and oxygen atoms in total. The number of hydrogen-bond donors (Lipinski definition) is 2. The summed E-state index contributed by atoms with van der Waals surface area (Å²) in [6, 6.07) is 17.4. The summed E-state index contributed by atoms with van der Waals surface area (Å²) in [7, 11) is 0. The highest BCUT2D eigenvalue weighted by atomic mass is 16.3. The lowest BCUT2D eigenvalue weighted by Crippen LogP contribution is -2.37. The molecular weight excluding hydrogens is 278 g/mol. The van der Waals surface area contributed by atoms with Crippen molar-refractivity contribution in [1.82, 2.24) is 0 Å². The van der Waals surface area contributed by atoms with Crippen LogP contribution in [0.25, 0.3) is 0 Å². The molecule has 1 amide bonds. The molecule has 0 aromatic heterocycles. The smallest absolute Gasteiger partial charge is 0.243 e. The van der Waals surface area contributed by atoms with E-state index in [0.29, 0.717) is 13.2 Å². The Hall–Kier alpha value is -2.53. The second-order valence-electron chi connectivity index (χ2n) is 5.23. The zero-order valence-corrected chi connectivity index (χ0v) is 12.3. The normalized spacial score (nSPS) is 13.1. The summed E-state index contributed by atoms with van der Waals surface area (Å²) in [5.74, 6) is -0.0492. The predicted molar refractivity (Wildman–Crippen MR) is 88.2 cm³/mol. The molecule has 22 heavy (non-hydrogen) atoms. The van der Waals surface area contributed by atoms with E-state index in [4.69, 9.17) is 0 Å². The van der Waals surface area contributed by atoms with Crippen molar-refractivity contribution < 1.29 is 9.90 Å². The van der Waals surface area contributed by atoms with Crippen molar-refractivity contribution in [2.45, 2.75) is 0 Å². The molecule has 5 heteroatoms. The Morgan fingerprint density at radius 2 is 1.64 bits per heavy atom. The van der Waals surface area contributed by atoms with Crippen molar-refractivity contribution in [2.24, 2.45) is 0 Å². The van der Waals surface area contributed by atoms with E-state index in [9.17, 15) is 9.90 Å². The molecule has 0 unspecified atom stereocenters. The summed E-state index contributed by atoms with van der Waals surface area (Å²) in [4.78, 5) is 16.3. The van der Waals surface area contributed by atoms with Gasteiger partial charge < -0.3 is 20.2 Å². The van der Waals surface area contributed by atoms with Crippen molar-refractivity contribution >= 4 is 23.0 Å². The molecule has 0 fully saturated rings. The van der Waals surface area contributed by atoms with E-state index in [2.05, 4.69) is 10.2 Å². The van der Waals surface area contributed by atoms with Crippen LogP contribution in [-0.4, -0.2) is 37.4 Å². The second-order valence-corrected chi connectivity index (χ2v) is 5.23. The van der Waals surface area contributed by atoms with Crippen LogP contribution in [0, 0.1) is 0 Å². The van der Waals surface area contributed by atoms with Crippen molar-refractivity contribution in [3.05, 3.63) is 54.6 Å². The van der Waals surface area contributed by atoms with Gasteiger partial charge in [0.15, 0.2) is 0 Å². The minimum Gasteiger partial charge on any atom is -0.395 e. The molecule has 0 saturated carbocycles. The zero-order chi connectivity index (χ0) is 15.4. The van der Waals surface area contributed by atoms with E-state index in [1.54, 1.807) is 0 Å². The summed E-state index contributed by atoms with van der Waals surface area (Å²) >= 11 is 0. The highest BCUT2D eigenvalue weighted by Gasteiger charge is 2.26. The molecule has 0 saturated heterocycles. The van der Waals surface area contributed by atoms with Crippen LogP contribution in [0.4, 0.5) is 17.1 Å².